The van der Waals surface area contributed by atoms with Crippen LogP contribution in [-0.4, -0.2) is 45.1 Å². The van der Waals surface area contributed by atoms with Gasteiger partial charge in [0.2, 0.25) is 0 Å². The molecular formula is C25H36N2O3S2. The first kappa shape index (κ1) is 23.9. The third kappa shape index (κ3) is 5.81. The average Bonchev–Trinajstić information content (AvgIpc) is 3.17. The standard InChI is InChI=1S/C25H36N2O3S2/c1-30-25-17-20(19-11-13-23(14-12-19)32(2,28)29)16-24(26-18-22-10-7-15-31-22)27(25)21-8-5-3-4-6-9-21/h7,10-15,20-21,24-26H,3-6,8-9,16-18H2,1-2H3. The first-order valence-electron chi connectivity index (χ1n) is 11.8. The van der Waals surface area contributed by atoms with E-state index in [0.717, 1.165) is 19.4 Å². The topological polar surface area (TPSA) is 58.6 Å². The predicted octanol–water partition coefficient (Wildman–Crippen LogP) is 5.14. The number of methoxy groups -OCH3 is 1. The van der Waals surface area contributed by atoms with Crippen LogP contribution in [0, 0.1) is 0 Å². The van der Waals surface area contributed by atoms with Gasteiger partial charge in [-0.05, 0) is 60.7 Å². The zero-order chi connectivity index (χ0) is 22.6. The van der Waals surface area contributed by atoms with Crippen molar-refractivity contribution in [3.63, 3.8) is 0 Å². The number of thiophene rings is 1. The van der Waals surface area contributed by atoms with Crippen LogP contribution in [0.4, 0.5) is 0 Å². The van der Waals surface area contributed by atoms with Crippen LogP contribution in [0.1, 0.15) is 67.7 Å². The SMILES string of the molecule is COC1CC(c2ccc(S(C)(=O)=O)cc2)CC(NCc2cccs2)N1C1CCCCCC1. The lowest BCUT2D eigenvalue weighted by atomic mass is 9.85. The smallest absolute Gasteiger partial charge is 0.175 e. The molecule has 1 aliphatic heterocycles. The molecule has 1 aromatic carbocycles. The molecule has 3 atom stereocenters. The summed E-state index contributed by atoms with van der Waals surface area (Å²) in [4.78, 5) is 4.35. The quantitative estimate of drug-likeness (QED) is 0.561. The molecule has 2 aliphatic rings. The van der Waals surface area contributed by atoms with E-state index in [-0.39, 0.29) is 12.4 Å². The van der Waals surface area contributed by atoms with E-state index in [4.69, 9.17) is 4.74 Å². The Morgan fingerprint density at radius 2 is 1.78 bits per heavy atom. The molecule has 1 saturated carbocycles. The van der Waals surface area contributed by atoms with Gasteiger partial charge in [-0.3, -0.25) is 10.2 Å². The maximum Gasteiger partial charge on any atom is 0.175 e. The zero-order valence-corrected chi connectivity index (χ0v) is 20.8. The Labute approximate surface area is 197 Å². The van der Waals surface area contributed by atoms with Crippen LogP contribution in [0.3, 0.4) is 0 Å². The number of rotatable bonds is 7. The monoisotopic (exact) mass is 476 g/mol. The highest BCUT2D eigenvalue weighted by atomic mass is 32.2. The summed E-state index contributed by atoms with van der Waals surface area (Å²) in [6.45, 7) is 0.863. The van der Waals surface area contributed by atoms with Crippen molar-refractivity contribution in [2.75, 3.05) is 13.4 Å². The van der Waals surface area contributed by atoms with Crippen molar-refractivity contribution in [2.24, 2.45) is 0 Å². The lowest BCUT2D eigenvalue weighted by molar-refractivity contribution is -0.121. The summed E-state index contributed by atoms with van der Waals surface area (Å²) >= 11 is 1.79. The van der Waals surface area contributed by atoms with Gasteiger partial charge in [0.1, 0.15) is 6.23 Å². The number of nitrogens with zero attached hydrogens (tertiary/aromatic N) is 1. The number of sulfone groups is 1. The third-order valence-electron chi connectivity index (χ3n) is 7.08. The molecule has 4 rings (SSSR count). The molecule has 0 bridgehead atoms. The van der Waals surface area contributed by atoms with Crippen LogP contribution >= 0.6 is 11.3 Å². The van der Waals surface area contributed by atoms with Crippen molar-refractivity contribution in [1.29, 1.82) is 0 Å². The maximum atomic E-state index is 11.9. The number of hydrogen-bond acceptors (Lipinski definition) is 6. The van der Waals surface area contributed by atoms with Crippen molar-refractivity contribution < 1.29 is 13.2 Å². The lowest BCUT2D eigenvalue weighted by Gasteiger charge is -2.48. The Morgan fingerprint density at radius 1 is 1.06 bits per heavy atom. The van der Waals surface area contributed by atoms with Crippen LogP contribution in [0.25, 0.3) is 0 Å². The minimum atomic E-state index is -3.18. The molecule has 2 aromatic rings. The van der Waals surface area contributed by atoms with E-state index >= 15 is 0 Å². The van der Waals surface area contributed by atoms with Crippen LogP contribution in [-0.2, 0) is 21.1 Å². The third-order valence-corrected chi connectivity index (χ3v) is 9.08. The summed E-state index contributed by atoms with van der Waals surface area (Å²) in [6.07, 6.45) is 11.2. The maximum absolute atomic E-state index is 11.9. The van der Waals surface area contributed by atoms with Gasteiger partial charge < -0.3 is 4.74 Å². The molecule has 0 radical (unpaired) electrons. The first-order chi connectivity index (χ1) is 15.5. The molecule has 1 aliphatic carbocycles. The fourth-order valence-electron chi connectivity index (χ4n) is 5.40. The summed E-state index contributed by atoms with van der Waals surface area (Å²) in [5.41, 5.74) is 1.20. The Bertz CT molecular complexity index is 936. The van der Waals surface area contributed by atoms with Crippen molar-refractivity contribution in [2.45, 2.75) is 87.2 Å². The van der Waals surface area contributed by atoms with Crippen LogP contribution in [0.15, 0.2) is 46.7 Å². The summed E-state index contributed by atoms with van der Waals surface area (Å²) in [6, 6.07) is 12.3. The molecule has 1 aromatic heterocycles. The van der Waals surface area contributed by atoms with E-state index < -0.39 is 9.84 Å². The van der Waals surface area contributed by atoms with Crippen molar-refractivity contribution in [3.8, 4) is 0 Å². The second-order valence-corrected chi connectivity index (χ2v) is 12.3. The fourth-order valence-corrected chi connectivity index (χ4v) is 6.68. The molecule has 2 fully saturated rings. The number of likely N-dealkylation sites (tertiary alicyclic amines) is 1. The largest absolute Gasteiger partial charge is 0.366 e. The van der Waals surface area contributed by atoms with Gasteiger partial charge in [-0.2, -0.15) is 0 Å². The highest BCUT2D eigenvalue weighted by Gasteiger charge is 2.40. The molecular weight excluding hydrogens is 440 g/mol. The van der Waals surface area contributed by atoms with Crippen LogP contribution in [0.5, 0.6) is 0 Å². The van der Waals surface area contributed by atoms with Gasteiger partial charge in [-0.1, -0.05) is 43.9 Å². The molecule has 2 heterocycles. The number of piperidine rings is 1. The van der Waals surface area contributed by atoms with Gasteiger partial charge in [0, 0.05) is 30.8 Å². The highest BCUT2D eigenvalue weighted by Crippen LogP contribution is 2.38. The summed E-state index contributed by atoms with van der Waals surface area (Å²) in [7, 11) is -1.35. The minimum absolute atomic E-state index is 0.0623. The van der Waals surface area contributed by atoms with E-state index in [0.29, 0.717) is 16.9 Å². The van der Waals surface area contributed by atoms with Crippen molar-refractivity contribution in [1.82, 2.24) is 10.2 Å². The van der Waals surface area contributed by atoms with Gasteiger partial charge in [-0.25, -0.2) is 8.42 Å². The molecule has 0 amide bonds. The highest BCUT2D eigenvalue weighted by molar-refractivity contribution is 7.90. The summed E-state index contributed by atoms with van der Waals surface area (Å²) < 4.78 is 29.8. The Morgan fingerprint density at radius 3 is 2.38 bits per heavy atom. The first-order valence-corrected chi connectivity index (χ1v) is 14.6. The Kier molecular flexibility index (Phi) is 8.05. The van der Waals surface area contributed by atoms with E-state index in [1.54, 1.807) is 23.5 Å². The van der Waals surface area contributed by atoms with Crippen LogP contribution < -0.4 is 5.32 Å². The number of ether oxygens (including phenoxy) is 1. The van der Waals surface area contributed by atoms with Crippen molar-refractivity contribution >= 4 is 21.2 Å². The summed E-state index contributed by atoms with van der Waals surface area (Å²) in [5, 5.41) is 5.98. The van der Waals surface area contributed by atoms with Gasteiger partial charge in [0.15, 0.2) is 9.84 Å². The van der Waals surface area contributed by atoms with Gasteiger partial charge in [0.25, 0.3) is 0 Å². The number of hydrogen-bond donors (Lipinski definition) is 1. The second-order valence-electron chi connectivity index (χ2n) is 9.27. The molecule has 0 spiro atoms. The van der Waals surface area contributed by atoms with E-state index in [9.17, 15) is 8.42 Å². The summed E-state index contributed by atoms with van der Waals surface area (Å²) in [5.74, 6) is 0.330. The van der Waals surface area contributed by atoms with E-state index in [1.165, 1.54) is 55.2 Å². The molecule has 1 saturated heterocycles. The molecule has 3 unspecified atom stereocenters. The molecule has 32 heavy (non-hydrogen) atoms. The van der Waals surface area contributed by atoms with E-state index in [1.807, 2.05) is 19.2 Å². The average molecular weight is 477 g/mol. The number of nitrogens with one attached hydrogen (secondary N) is 1. The molecule has 5 nitrogen and oxygen atoms in total. The predicted molar refractivity (Wildman–Crippen MR) is 131 cm³/mol. The second kappa shape index (κ2) is 10.8. The van der Waals surface area contributed by atoms with Crippen LogP contribution in [0.2, 0.25) is 0 Å². The molecule has 176 valence electrons. The zero-order valence-electron chi connectivity index (χ0n) is 19.2. The van der Waals surface area contributed by atoms with Gasteiger partial charge in [0.05, 0.1) is 11.1 Å². The van der Waals surface area contributed by atoms with Gasteiger partial charge >= 0.3 is 0 Å². The lowest BCUT2D eigenvalue weighted by Crippen LogP contribution is -2.59. The molecule has 1 N–H and O–H groups in total. The van der Waals surface area contributed by atoms with Crippen molar-refractivity contribution in [3.05, 3.63) is 52.2 Å². The number of benzene rings is 1. The fraction of sp³-hybridized carbons (Fsp3) is 0.600. The Hall–Kier alpha value is -1.25. The Balaban J connectivity index is 1.57. The molecule has 7 heteroatoms. The minimum Gasteiger partial charge on any atom is -0.366 e. The normalized spacial score (nSPS) is 26.1. The van der Waals surface area contributed by atoms with E-state index in [2.05, 4.69) is 27.7 Å². The van der Waals surface area contributed by atoms with Gasteiger partial charge in [-0.15, -0.1) is 11.3 Å².